The van der Waals surface area contributed by atoms with Crippen molar-refractivity contribution in [1.82, 2.24) is 21.4 Å². The third-order valence-corrected chi connectivity index (χ3v) is 5.72. The number of hydroxylamine groups is 1. The van der Waals surface area contributed by atoms with Gasteiger partial charge in [-0.3, -0.25) is 19.6 Å². The topological polar surface area (TPSA) is 166 Å². The lowest BCUT2D eigenvalue weighted by Crippen LogP contribution is -2.65. The molecule has 0 aliphatic rings. The van der Waals surface area contributed by atoms with Crippen LogP contribution < -0.4 is 21.4 Å². The Bertz CT molecular complexity index is 971. The molecule has 0 spiro atoms. The number of benzene rings is 1. The number of alkyl halides is 3. The van der Waals surface area contributed by atoms with Crippen molar-refractivity contribution in [2.24, 2.45) is 5.92 Å². The van der Waals surface area contributed by atoms with Crippen molar-refractivity contribution in [3.05, 3.63) is 35.9 Å². The van der Waals surface area contributed by atoms with E-state index in [2.05, 4.69) is 16.0 Å². The number of aliphatic hydroxyl groups is 1. The fraction of sp³-hybridized carbons (Fsp3) is 0.600. The van der Waals surface area contributed by atoms with Crippen LogP contribution in [-0.2, 0) is 25.5 Å². The van der Waals surface area contributed by atoms with E-state index in [0.717, 1.165) is 11.0 Å². The molecule has 0 saturated carbocycles. The molecule has 0 radical (unpaired) electrons. The summed E-state index contributed by atoms with van der Waals surface area (Å²) < 4.78 is 47.0. The summed E-state index contributed by atoms with van der Waals surface area (Å²) in [6.07, 6.45) is -6.75. The Balaban J connectivity index is 3.08. The molecule has 0 aliphatic carbocycles. The Kier molecular flexibility index (Phi) is 12.7. The first kappa shape index (κ1) is 33.6. The minimum atomic E-state index is -5.64. The van der Waals surface area contributed by atoms with E-state index in [9.17, 15) is 37.5 Å². The minimum absolute atomic E-state index is 0.0260. The maximum Gasteiger partial charge on any atom is 0.427 e. The van der Waals surface area contributed by atoms with Crippen molar-refractivity contribution in [2.75, 3.05) is 13.6 Å². The largest absolute Gasteiger partial charge is 0.444 e. The lowest BCUT2D eigenvalue weighted by Gasteiger charge is -2.35. The first-order valence-electron chi connectivity index (χ1n) is 12.3. The molecule has 39 heavy (non-hydrogen) atoms. The summed E-state index contributed by atoms with van der Waals surface area (Å²) in [5.74, 6) is -6.79. The highest BCUT2D eigenvalue weighted by atomic mass is 19.4. The van der Waals surface area contributed by atoms with Crippen molar-refractivity contribution in [2.45, 2.75) is 76.3 Å². The van der Waals surface area contributed by atoms with Crippen LogP contribution in [0.3, 0.4) is 0 Å². The van der Waals surface area contributed by atoms with Gasteiger partial charge < -0.3 is 25.8 Å². The molecule has 14 heteroatoms. The lowest BCUT2D eigenvalue weighted by atomic mass is 9.80. The maximum atomic E-state index is 14.0. The molecule has 0 bridgehead atoms. The Morgan fingerprint density at radius 3 is 2.10 bits per heavy atom. The number of alkyl carbamates (subject to hydrolysis) is 1. The smallest absolute Gasteiger partial charge is 0.427 e. The molecule has 1 aromatic rings. The number of halogens is 3. The van der Waals surface area contributed by atoms with Crippen LogP contribution in [0.5, 0.6) is 0 Å². The molecular formula is C25H37F3N4O7. The standard InChI is InChI=1S/C25H37F3N4O7/c1-23(2,3)39-22(36)30-15-9-14-18(20(34)29-4)31-19(33)17(13-8-12-16-10-6-5-7-11-16)24(37,21(35)32-38)25(26,27)28/h5-7,10-11,17-18,37-38H,8-9,12-15H2,1-4H3,(H,29,34)(H,30,36)(H,31,33)(H,32,35)/t17-,18-,24-/m0/s1. The van der Waals surface area contributed by atoms with Crippen molar-refractivity contribution < 1.29 is 47.4 Å². The van der Waals surface area contributed by atoms with Gasteiger partial charge in [0.05, 0.1) is 5.92 Å². The zero-order valence-corrected chi connectivity index (χ0v) is 22.4. The fourth-order valence-corrected chi connectivity index (χ4v) is 3.78. The number of carbonyl (C=O) groups is 4. The highest BCUT2D eigenvalue weighted by molar-refractivity contribution is 5.95. The van der Waals surface area contributed by atoms with Gasteiger partial charge in [0.2, 0.25) is 11.8 Å². The van der Waals surface area contributed by atoms with Gasteiger partial charge in [0, 0.05) is 13.6 Å². The normalized spacial score (nSPS) is 14.8. The van der Waals surface area contributed by atoms with Crippen LogP contribution in [0.25, 0.3) is 0 Å². The van der Waals surface area contributed by atoms with Crippen LogP contribution in [-0.4, -0.2) is 71.1 Å². The number of ether oxygens (including phenoxy) is 1. The summed E-state index contributed by atoms with van der Waals surface area (Å²) in [7, 11) is 1.25. The van der Waals surface area contributed by atoms with Crippen molar-refractivity contribution >= 4 is 23.8 Å². The number of hydrogen-bond acceptors (Lipinski definition) is 7. The van der Waals surface area contributed by atoms with Crippen LogP contribution in [0.2, 0.25) is 0 Å². The summed E-state index contributed by atoms with van der Waals surface area (Å²) in [6, 6.07) is 7.27. The number of aryl methyl sites for hydroxylation is 1. The predicted octanol–water partition coefficient (Wildman–Crippen LogP) is 1.96. The van der Waals surface area contributed by atoms with E-state index in [1.54, 1.807) is 51.1 Å². The molecule has 6 N–H and O–H groups in total. The molecule has 0 aromatic heterocycles. The Morgan fingerprint density at radius 2 is 1.59 bits per heavy atom. The summed E-state index contributed by atoms with van der Waals surface area (Å²) in [4.78, 5) is 49.4. The van der Waals surface area contributed by atoms with Crippen molar-refractivity contribution in [3.63, 3.8) is 0 Å². The average molecular weight is 563 g/mol. The van der Waals surface area contributed by atoms with Gasteiger partial charge in [0.15, 0.2) is 0 Å². The van der Waals surface area contributed by atoms with Gasteiger partial charge in [-0.25, -0.2) is 10.3 Å². The van der Waals surface area contributed by atoms with Gasteiger partial charge in [-0.1, -0.05) is 30.3 Å². The number of carbonyl (C=O) groups excluding carboxylic acids is 4. The van der Waals surface area contributed by atoms with Crippen LogP contribution in [0, 0.1) is 5.92 Å². The summed E-state index contributed by atoms with van der Waals surface area (Å²) in [5, 5.41) is 26.4. The SMILES string of the molecule is CNC(=O)[C@H](CCCNC(=O)OC(C)(C)C)NC(=O)[C@H](CCCc1ccccc1)[C@](O)(C(=O)NO)C(F)(F)F. The van der Waals surface area contributed by atoms with Gasteiger partial charge in [-0.05, 0) is 58.4 Å². The van der Waals surface area contributed by atoms with Crippen LogP contribution in [0.4, 0.5) is 18.0 Å². The second-order valence-electron chi connectivity index (χ2n) is 9.88. The molecule has 0 saturated heterocycles. The first-order chi connectivity index (χ1) is 18.1. The predicted molar refractivity (Wildman–Crippen MR) is 133 cm³/mol. The fourth-order valence-electron chi connectivity index (χ4n) is 3.78. The molecule has 0 aliphatic heterocycles. The quantitative estimate of drug-likeness (QED) is 0.121. The minimum Gasteiger partial charge on any atom is -0.444 e. The van der Waals surface area contributed by atoms with E-state index < -0.39 is 59.6 Å². The molecule has 0 unspecified atom stereocenters. The molecule has 1 rings (SSSR count). The third kappa shape index (κ3) is 10.4. The van der Waals surface area contributed by atoms with Crippen molar-refractivity contribution in [3.8, 4) is 0 Å². The summed E-state index contributed by atoms with van der Waals surface area (Å²) >= 11 is 0. The Morgan fingerprint density at radius 1 is 0.974 bits per heavy atom. The van der Waals surface area contributed by atoms with E-state index >= 15 is 0 Å². The molecule has 220 valence electrons. The lowest BCUT2D eigenvalue weighted by molar-refractivity contribution is -0.269. The van der Waals surface area contributed by atoms with E-state index in [-0.39, 0.29) is 32.2 Å². The summed E-state index contributed by atoms with van der Waals surface area (Å²) in [6.45, 7) is 5.02. The highest BCUT2D eigenvalue weighted by Gasteiger charge is 2.66. The van der Waals surface area contributed by atoms with Gasteiger partial charge >= 0.3 is 12.3 Å². The first-order valence-corrected chi connectivity index (χ1v) is 12.3. The molecule has 3 atom stereocenters. The third-order valence-electron chi connectivity index (χ3n) is 5.72. The highest BCUT2D eigenvalue weighted by Crippen LogP contribution is 2.39. The molecule has 0 fully saturated rings. The monoisotopic (exact) mass is 562 g/mol. The van der Waals surface area contributed by atoms with Gasteiger partial charge in [-0.15, -0.1) is 0 Å². The van der Waals surface area contributed by atoms with E-state index in [1.165, 1.54) is 7.05 Å². The Hall–Kier alpha value is -3.39. The number of amides is 4. The second kappa shape index (κ2) is 14.7. The zero-order chi connectivity index (χ0) is 29.9. The van der Waals surface area contributed by atoms with Crippen molar-refractivity contribution in [1.29, 1.82) is 0 Å². The number of hydrogen-bond donors (Lipinski definition) is 6. The molecule has 1 aromatic carbocycles. The average Bonchev–Trinajstić information content (AvgIpc) is 2.85. The molecular weight excluding hydrogens is 525 g/mol. The maximum absolute atomic E-state index is 14.0. The number of rotatable bonds is 13. The summed E-state index contributed by atoms with van der Waals surface area (Å²) in [5.41, 5.74) is -3.48. The van der Waals surface area contributed by atoms with Crippen LogP contribution >= 0.6 is 0 Å². The number of nitrogens with one attached hydrogen (secondary N) is 4. The van der Waals surface area contributed by atoms with Gasteiger partial charge in [0.1, 0.15) is 11.6 Å². The van der Waals surface area contributed by atoms with E-state index in [4.69, 9.17) is 9.94 Å². The van der Waals surface area contributed by atoms with E-state index in [0.29, 0.717) is 0 Å². The number of likely N-dealkylation sites (N-methyl/N-ethyl adjacent to an activating group) is 1. The van der Waals surface area contributed by atoms with Gasteiger partial charge in [-0.2, -0.15) is 13.2 Å². The van der Waals surface area contributed by atoms with Crippen LogP contribution in [0.1, 0.15) is 52.0 Å². The molecule has 4 amide bonds. The Labute approximate surface area is 224 Å². The molecule has 0 heterocycles. The van der Waals surface area contributed by atoms with Gasteiger partial charge in [0.25, 0.3) is 11.5 Å². The van der Waals surface area contributed by atoms with Crippen LogP contribution in [0.15, 0.2) is 30.3 Å². The zero-order valence-electron chi connectivity index (χ0n) is 22.4. The van der Waals surface area contributed by atoms with E-state index in [1.807, 2.05) is 0 Å². The molecule has 11 nitrogen and oxygen atoms in total. The second-order valence-corrected chi connectivity index (χ2v) is 9.88.